The van der Waals surface area contributed by atoms with Gasteiger partial charge in [0.2, 0.25) is 0 Å². The minimum atomic E-state index is 0.554. The molecule has 1 aromatic heterocycles. The molecular formula is C11H17ClN2. The monoisotopic (exact) mass is 212 g/mol. The van der Waals surface area contributed by atoms with Gasteiger partial charge in [-0.1, -0.05) is 38.3 Å². The van der Waals surface area contributed by atoms with E-state index in [4.69, 9.17) is 11.6 Å². The number of pyridine rings is 1. The number of hydrogen-bond acceptors (Lipinski definition) is 2. The normalized spacial score (nSPS) is 10.6. The van der Waals surface area contributed by atoms with E-state index in [0.29, 0.717) is 11.1 Å². The fourth-order valence-corrected chi connectivity index (χ4v) is 1.54. The molecule has 2 nitrogen and oxygen atoms in total. The van der Waals surface area contributed by atoms with Crippen molar-refractivity contribution < 1.29 is 0 Å². The summed E-state index contributed by atoms with van der Waals surface area (Å²) in [5.41, 5.74) is 0.932. The molecule has 0 saturated carbocycles. The summed E-state index contributed by atoms with van der Waals surface area (Å²) in [5, 5.41) is 3.87. The van der Waals surface area contributed by atoms with Crippen LogP contribution in [-0.2, 0) is 0 Å². The second-order valence-corrected chi connectivity index (χ2v) is 3.76. The molecule has 0 atom stereocenters. The third-order valence-corrected chi connectivity index (χ3v) is 2.80. The number of hydrogen-bond donors (Lipinski definition) is 1. The van der Waals surface area contributed by atoms with Crippen molar-refractivity contribution in [2.75, 3.05) is 11.9 Å². The summed E-state index contributed by atoms with van der Waals surface area (Å²) >= 11 is 5.92. The van der Waals surface area contributed by atoms with Crippen molar-refractivity contribution in [2.24, 2.45) is 5.92 Å². The van der Waals surface area contributed by atoms with Gasteiger partial charge in [-0.15, -0.1) is 0 Å². The first-order valence-corrected chi connectivity index (χ1v) is 5.50. The van der Waals surface area contributed by atoms with E-state index in [1.807, 2.05) is 12.1 Å². The van der Waals surface area contributed by atoms with E-state index in [1.165, 1.54) is 12.8 Å². The van der Waals surface area contributed by atoms with Gasteiger partial charge in [0, 0.05) is 12.7 Å². The van der Waals surface area contributed by atoms with Gasteiger partial charge in [-0.3, -0.25) is 0 Å². The molecule has 1 N–H and O–H groups in total. The summed E-state index contributed by atoms with van der Waals surface area (Å²) in [7, 11) is 0. The van der Waals surface area contributed by atoms with E-state index in [0.717, 1.165) is 12.2 Å². The van der Waals surface area contributed by atoms with Crippen molar-refractivity contribution in [1.82, 2.24) is 4.98 Å². The van der Waals surface area contributed by atoms with Crippen LogP contribution in [0, 0.1) is 5.92 Å². The Bertz CT molecular complexity index is 272. The first kappa shape index (κ1) is 11.3. The van der Waals surface area contributed by atoms with Crippen LogP contribution in [-0.4, -0.2) is 11.5 Å². The summed E-state index contributed by atoms with van der Waals surface area (Å²) in [6.45, 7) is 5.39. The lowest BCUT2D eigenvalue weighted by Gasteiger charge is -2.14. The largest absolute Gasteiger partial charge is 0.382 e. The Morgan fingerprint density at radius 3 is 2.71 bits per heavy atom. The standard InChI is InChI=1S/C11H17ClN2/c1-3-9(4-2)8-14-10-6-5-7-13-11(10)12/h5-7,9,14H,3-4,8H2,1-2H3. The van der Waals surface area contributed by atoms with Gasteiger partial charge in [0.05, 0.1) is 5.69 Å². The number of halogens is 1. The molecule has 1 aromatic rings. The molecule has 1 rings (SSSR count). The van der Waals surface area contributed by atoms with Gasteiger partial charge < -0.3 is 5.32 Å². The first-order chi connectivity index (χ1) is 6.77. The zero-order chi connectivity index (χ0) is 10.4. The molecule has 0 aliphatic rings. The number of aromatic nitrogens is 1. The van der Waals surface area contributed by atoms with Crippen LogP contribution < -0.4 is 5.32 Å². The molecule has 78 valence electrons. The van der Waals surface area contributed by atoms with E-state index in [1.54, 1.807) is 6.20 Å². The van der Waals surface area contributed by atoms with Gasteiger partial charge in [-0.05, 0) is 18.1 Å². The van der Waals surface area contributed by atoms with E-state index >= 15 is 0 Å². The molecule has 3 heteroatoms. The number of anilines is 1. The zero-order valence-corrected chi connectivity index (χ0v) is 9.51. The molecule has 1 heterocycles. The maximum atomic E-state index is 5.92. The van der Waals surface area contributed by atoms with Crippen LogP contribution in [0.25, 0.3) is 0 Å². The Morgan fingerprint density at radius 1 is 1.43 bits per heavy atom. The second-order valence-electron chi connectivity index (χ2n) is 3.41. The van der Waals surface area contributed by atoms with Gasteiger partial charge in [0.25, 0.3) is 0 Å². The number of nitrogens with zero attached hydrogens (tertiary/aromatic N) is 1. The molecule has 0 bridgehead atoms. The molecule has 0 unspecified atom stereocenters. The van der Waals surface area contributed by atoms with Crippen LogP contribution in [0.1, 0.15) is 26.7 Å². The summed E-state index contributed by atoms with van der Waals surface area (Å²) < 4.78 is 0. The Balaban J connectivity index is 2.49. The van der Waals surface area contributed by atoms with Crippen LogP contribution in [0.5, 0.6) is 0 Å². The quantitative estimate of drug-likeness (QED) is 0.755. The molecule has 0 fully saturated rings. The zero-order valence-electron chi connectivity index (χ0n) is 8.76. The summed E-state index contributed by atoms with van der Waals surface area (Å²) in [6, 6.07) is 3.85. The minimum Gasteiger partial charge on any atom is -0.382 e. The lowest BCUT2D eigenvalue weighted by Crippen LogP contribution is -2.13. The van der Waals surface area contributed by atoms with Crippen LogP contribution in [0.15, 0.2) is 18.3 Å². The average Bonchev–Trinajstić information content (AvgIpc) is 2.22. The fraction of sp³-hybridized carbons (Fsp3) is 0.545. The van der Waals surface area contributed by atoms with Gasteiger partial charge in [0.1, 0.15) is 0 Å². The molecule has 0 spiro atoms. The van der Waals surface area contributed by atoms with Crippen molar-refractivity contribution in [3.63, 3.8) is 0 Å². The summed E-state index contributed by atoms with van der Waals surface area (Å²) in [4.78, 5) is 4.01. The predicted molar refractivity (Wildman–Crippen MR) is 61.8 cm³/mol. The summed E-state index contributed by atoms with van der Waals surface area (Å²) in [6.07, 6.45) is 4.09. The van der Waals surface area contributed by atoms with E-state index in [2.05, 4.69) is 24.1 Å². The van der Waals surface area contributed by atoms with Crippen LogP contribution >= 0.6 is 11.6 Å². The molecule has 0 radical (unpaired) electrons. The van der Waals surface area contributed by atoms with Crippen LogP contribution in [0.3, 0.4) is 0 Å². The van der Waals surface area contributed by atoms with E-state index in [-0.39, 0.29) is 0 Å². The Labute approximate surface area is 90.7 Å². The average molecular weight is 213 g/mol. The van der Waals surface area contributed by atoms with E-state index in [9.17, 15) is 0 Å². The van der Waals surface area contributed by atoms with Crippen LogP contribution in [0.4, 0.5) is 5.69 Å². The highest BCUT2D eigenvalue weighted by Crippen LogP contribution is 2.18. The number of nitrogens with one attached hydrogen (secondary N) is 1. The third-order valence-electron chi connectivity index (χ3n) is 2.49. The van der Waals surface area contributed by atoms with Gasteiger partial charge in [0.15, 0.2) is 5.15 Å². The molecule has 0 saturated heterocycles. The van der Waals surface area contributed by atoms with E-state index < -0.39 is 0 Å². The molecular weight excluding hydrogens is 196 g/mol. The van der Waals surface area contributed by atoms with Gasteiger partial charge in [-0.25, -0.2) is 4.98 Å². The fourth-order valence-electron chi connectivity index (χ4n) is 1.35. The first-order valence-electron chi connectivity index (χ1n) is 5.12. The van der Waals surface area contributed by atoms with Crippen molar-refractivity contribution in [3.05, 3.63) is 23.5 Å². The van der Waals surface area contributed by atoms with Crippen molar-refractivity contribution >= 4 is 17.3 Å². The topological polar surface area (TPSA) is 24.9 Å². The molecule has 0 aliphatic carbocycles. The molecule has 0 aromatic carbocycles. The molecule has 14 heavy (non-hydrogen) atoms. The lowest BCUT2D eigenvalue weighted by molar-refractivity contribution is 0.519. The number of rotatable bonds is 5. The van der Waals surface area contributed by atoms with Gasteiger partial charge in [-0.2, -0.15) is 0 Å². The maximum absolute atomic E-state index is 5.92. The van der Waals surface area contributed by atoms with Gasteiger partial charge >= 0.3 is 0 Å². The highest BCUT2D eigenvalue weighted by Gasteiger charge is 2.04. The Kier molecular flexibility index (Phi) is 4.74. The SMILES string of the molecule is CCC(CC)CNc1cccnc1Cl. The molecule has 0 aliphatic heterocycles. The molecule has 0 amide bonds. The third kappa shape index (κ3) is 3.18. The van der Waals surface area contributed by atoms with Crippen molar-refractivity contribution in [3.8, 4) is 0 Å². The highest BCUT2D eigenvalue weighted by molar-refractivity contribution is 6.31. The smallest absolute Gasteiger partial charge is 0.152 e. The summed E-state index contributed by atoms with van der Waals surface area (Å²) in [5.74, 6) is 0.714. The van der Waals surface area contributed by atoms with Crippen molar-refractivity contribution in [1.29, 1.82) is 0 Å². The second kappa shape index (κ2) is 5.86. The lowest BCUT2D eigenvalue weighted by atomic mass is 10.0. The highest BCUT2D eigenvalue weighted by atomic mass is 35.5. The minimum absolute atomic E-state index is 0.554. The maximum Gasteiger partial charge on any atom is 0.152 e. The van der Waals surface area contributed by atoms with Crippen LogP contribution in [0.2, 0.25) is 5.15 Å². The predicted octanol–water partition coefficient (Wildman–Crippen LogP) is 3.58. The van der Waals surface area contributed by atoms with Crippen molar-refractivity contribution in [2.45, 2.75) is 26.7 Å². The Morgan fingerprint density at radius 2 is 2.14 bits per heavy atom. The Hall–Kier alpha value is -0.760.